The fourth-order valence-electron chi connectivity index (χ4n) is 1.73. The van der Waals surface area contributed by atoms with Crippen molar-refractivity contribution < 1.29 is 23.4 Å². The Kier molecular flexibility index (Phi) is 3.34. The third kappa shape index (κ3) is 2.10. The van der Waals surface area contributed by atoms with Crippen molar-refractivity contribution in [2.45, 2.75) is 12.6 Å². The van der Waals surface area contributed by atoms with Crippen LogP contribution >= 0.6 is 11.6 Å². The summed E-state index contributed by atoms with van der Waals surface area (Å²) in [6.07, 6.45) is 0. The molecule has 1 aromatic rings. The van der Waals surface area contributed by atoms with Crippen LogP contribution in [0, 0.1) is 0 Å². The standard InChI is InChI=1S/C12H12ClFO4/c1-12(14,11(15)16-2)7-5-9-10(6-8(7)13)18-4-3-17-9/h5-6H,3-4H2,1-2H3. The van der Waals surface area contributed by atoms with E-state index in [4.69, 9.17) is 21.1 Å². The SMILES string of the molecule is COC(=O)C(C)(F)c1cc2c(cc1Cl)OCCO2. The van der Waals surface area contributed by atoms with Crippen molar-refractivity contribution in [1.29, 1.82) is 0 Å². The van der Waals surface area contributed by atoms with Crippen LogP contribution in [0.25, 0.3) is 0 Å². The highest BCUT2D eigenvalue weighted by atomic mass is 35.5. The predicted octanol–water partition coefficient (Wildman–Crippen LogP) is 2.47. The van der Waals surface area contributed by atoms with Gasteiger partial charge < -0.3 is 14.2 Å². The summed E-state index contributed by atoms with van der Waals surface area (Å²) in [5, 5.41) is 0.0923. The number of ether oxygens (including phenoxy) is 3. The summed E-state index contributed by atoms with van der Waals surface area (Å²) in [6, 6.07) is 2.81. The van der Waals surface area contributed by atoms with Crippen molar-refractivity contribution in [3.63, 3.8) is 0 Å². The maximum Gasteiger partial charge on any atom is 0.348 e. The number of hydrogen-bond donors (Lipinski definition) is 0. The highest BCUT2D eigenvalue weighted by Crippen LogP contribution is 2.41. The van der Waals surface area contributed by atoms with Gasteiger partial charge >= 0.3 is 5.97 Å². The molecule has 0 aromatic heterocycles. The molecule has 2 rings (SSSR count). The van der Waals surface area contributed by atoms with Gasteiger partial charge in [0, 0.05) is 11.6 Å². The Morgan fingerprint density at radius 3 is 2.50 bits per heavy atom. The van der Waals surface area contributed by atoms with E-state index in [2.05, 4.69) is 4.74 Å². The first-order valence-electron chi connectivity index (χ1n) is 5.33. The molecule has 6 heteroatoms. The molecule has 0 N–H and O–H groups in total. The number of carbonyl (C=O) groups excluding carboxylic acids is 1. The average molecular weight is 275 g/mol. The molecule has 1 atom stereocenters. The van der Waals surface area contributed by atoms with Crippen LogP contribution in [-0.2, 0) is 15.2 Å². The Bertz CT molecular complexity index is 487. The predicted molar refractivity (Wildman–Crippen MR) is 62.9 cm³/mol. The molecule has 0 amide bonds. The molecule has 0 saturated heterocycles. The van der Waals surface area contributed by atoms with Crippen LogP contribution in [-0.4, -0.2) is 26.3 Å². The van der Waals surface area contributed by atoms with Gasteiger partial charge in [0.15, 0.2) is 11.5 Å². The van der Waals surface area contributed by atoms with E-state index in [1.54, 1.807) is 0 Å². The first-order valence-corrected chi connectivity index (χ1v) is 5.71. The number of rotatable bonds is 2. The molecule has 1 aromatic carbocycles. The summed E-state index contributed by atoms with van der Waals surface area (Å²) < 4.78 is 29.5. The largest absolute Gasteiger partial charge is 0.486 e. The van der Waals surface area contributed by atoms with Gasteiger partial charge in [-0.2, -0.15) is 0 Å². The summed E-state index contributed by atoms with van der Waals surface area (Å²) >= 11 is 5.96. The first-order chi connectivity index (χ1) is 8.46. The number of methoxy groups -OCH3 is 1. The second-order valence-corrected chi connectivity index (χ2v) is 4.38. The minimum absolute atomic E-state index is 0.000247. The van der Waals surface area contributed by atoms with Crippen LogP contribution < -0.4 is 9.47 Å². The fourth-order valence-corrected chi connectivity index (χ4v) is 2.06. The molecule has 1 aliphatic heterocycles. The van der Waals surface area contributed by atoms with Crippen LogP contribution in [0.15, 0.2) is 12.1 Å². The van der Waals surface area contributed by atoms with E-state index in [1.807, 2.05) is 0 Å². The number of hydrogen-bond acceptors (Lipinski definition) is 4. The molecule has 1 unspecified atom stereocenters. The van der Waals surface area contributed by atoms with Gasteiger partial charge in [0.2, 0.25) is 5.67 Å². The van der Waals surface area contributed by atoms with Gasteiger partial charge in [-0.1, -0.05) is 11.6 Å². The highest BCUT2D eigenvalue weighted by Gasteiger charge is 2.39. The second kappa shape index (κ2) is 4.65. The van der Waals surface area contributed by atoms with E-state index < -0.39 is 11.6 Å². The number of carbonyl (C=O) groups is 1. The minimum Gasteiger partial charge on any atom is -0.486 e. The lowest BCUT2D eigenvalue weighted by molar-refractivity contribution is -0.154. The van der Waals surface area contributed by atoms with Gasteiger partial charge in [-0.15, -0.1) is 0 Å². The van der Waals surface area contributed by atoms with Crippen molar-refractivity contribution >= 4 is 17.6 Å². The Morgan fingerprint density at radius 1 is 1.39 bits per heavy atom. The molecule has 1 heterocycles. The third-order valence-electron chi connectivity index (χ3n) is 2.71. The lowest BCUT2D eigenvalue weighted by Crippen LogP contribution is -2.29. The molecule has 18 heavy (non-hydrogen) atoms. The Morgan fingerprint density at radius 2 is 1.94 bits per heavy atom. The van der Waals surface area contributed by atoms with Crippen molar-refractivity contribution in [2.75, 3.05) is 20.3 Å². The van der Waals surface area contributed by atoms with E-state index >= 15 is 0 Å². The molecule has 1 aliphatic rings. The minimum atomic E-state index is -2.33. The van der Waals surface area contributed by atoms with Gasteiger partial charge in [-0.25, -0.2) is 9.18 Å². The molecule has 0 bridgehead atoms. The number of alkyl halides is 1. The van der Waals surface area contributed by atoms with E-state index in [0.717, 1.165) is 14.0 Å². The van der Waals surface area contributed by atoms with Gasteiger partial charge in [0.05, 0.1) is 12.1 Å². The Balaban J connectivity index is 2.48. The Hall–Kier alpha value is -1.49. The molecular formula is C12H12ClFO4. The summed E-state index contributed by atoms with van der Waals surface area (Å²) in [5.41, 5.74) is -2.33. The third-order valence-corrected chi connectivity index (χ3v) is 3.02. The number of fused-ring (bicyclic) bond motifs is 1. The zero-order chi connectivity index (χ0) is 13.3. The number of benzene rings is 1. The maximum atomic E-state index is 14.4. The van der Waals surface area contributed by atoms with Crippen LogP contribution in [0.1, 0.15) is 12.5 Å². The molecule has 0 fully saturated rings. The topological polar surface area (TPSA) is 44.8 Å². The first kappa shape index (κ1) is 13.0. The summed E-state index contributed by atoms with van der Waals surface area (Å²) in [6.45, 7) is 1.87. The van der Waals surface area contributed by atoms with Crippen LogP contribution in [0.5, 0.6) is 11.5 Å². The Labute approximate surface area is 109 Å². The monoisotopic (exact) mass is 274 g/mol. The average Bonchev–Trinajstić information content (AvgIpc) is 2.36. The normalized spacial score (nSPS) is 16.9. The molecule has 0 aliphatic carbocycles. The van der Waals surface area contributed by atoms with E-state index in [-0.39, 0.29) is 10.6 Å². The highest BCUT2D eigenvalue weighted by molar-refractivity contribution is 6.32. The summed E-state index contributed by atoms with van der Waals surface area (Å²) in [5.74, 6) is -0.204. The number of esters is 1. The van der Waals surface area contributed by atoms with Gasteiger partial charge in [-0.05, 0) is 13.0 Å². The van der Waals surface area contributed by atoms with E-state index in [1.165, 1.54) is 12.1 Å². The van der Waals surface area contributed by atoms with Gasteiger partial charge in [0.25, 0.3) is 0 Å². The van der Waals surface area contributed by atoms with Crippen LogP contribution in [0.2, 0.25) is 5.02 Å². The van der Waals surface area contributed by atoms with Crippen molar-refractivity contribution in [2.24, 2.45) is 0 Å². The lowest BCUT2D eigenvalue weighted by atomic mass is 9.97. The van der Waals surface area contributed by atoms with Gasteiger partial charge in [-0.3, -0.25) is 0 Å². The summed E-state index contributed by atoms with van der Waals surface area (Å²) in [7, 11) is 1.12. The van der Waals surface area contributed by atoms with E-state index in [9.17, 15) is 9.18 Å². The smallest absolute Gasteiger partial charge is 0.348 e. The van der Waals surface area contributed by atoms with Gasteiger partial charge in [0.1, 0.15) is 13.2 Å². The van der Waals surface area contributed by atoms with Crippen molar-refractivity contribution in [3.05, 3.63) is 22.7 Å². The van der Waals surface area contributed by atoms with Crippen LogP contribution in [0.3, 0.4) is 0 Å². The molecule has 0 saturated carbocycles. The molecule has 0 radical (unpaired) electrons. The van der Waals surface area contributed by atoms with Crippen molar-refractivity contribution in [1.82, 2.24) is 0 Å². The fraction of sp³-hybridized carbons (Fsp3) is 0.417. The second-order valence-electron chi connectivity index (χ2n) is 3.97. The summed E-state index contributed by atoms with van der Waals surface area (Å²) in [4.78, 5) is 11.4. The van der Waals surface area contributed by atoms with Crippen LogP contribution in [0.4, 0.5) is 4.39 Å². The molecule has 4 nitrogen and oxygen atoms in total. The van der Waals surface area contributed by atoms with E-state index in [0.29, 0.717) is 24.7 Å². The molecule has 98 valence electrons. The lowest BCUT2D eigenvalue weighted by Gasteiger charge is -2.23. The zero-order valence-corrected chi connectivity index (χ0v) is 10.7. The quantitative estimate of drug-likeness (QED) is 0.777. The zero-order valence-electron chi connectivity index (χ0n) is 9.96. The molecule has 0 spiro atoms. The molecular weight excluding hydrogens is 263 g/mol. The maximum absolute atomic E-state index is 14.4. The van der Waals surface area contributed by atoms with Crippen molar-refractivity contribution in [3.8, 4) is 11.5 Å². The number of halogens is 2.